The van der Waals surface area contributed by atoms with Crippen LogP contribution in [-0.2, 0) is 6.42 Å². The van der Waals surface area contributed by atoms with Crippen LogP contribution in [0.3, 0.4) is 0 Å². The zero-order chi connectivity index (χ0) is 13.5. The zero-order valence-corrected chi connectivity index (χ0v) is 11.0. The van der Waals surface area contributed by atoms with Gasteiger partial charge in [-0.3, -0.25) is 11.3 Å². The van der Waals surface area contributed by atoms with Crippen LogP contribution >= 0.6 is 0 Å². The Labute approximate surface area is 114 Å². The number of hydrogen-bond acceptors (Lipinski definition) is 3. The maximum absolute atomic E-state index is 5.98. The summed E-state index contributed by atoms with van der Waals surface area (Å²) in [4.78, 5) is 0. The van der Waals surface area contributed by atoms with Crippen LogP contribution in [0.1, 0.15) is 30.0 Å². The minimum atomic E-state index is 0.116. The van der Waals surface area contributed by atoms with Crippen LogP contribution < -0.4 is 17.0 Å². The summed E-state index contributed by atoms with van der Waals surface area (Å²) in [6.07, 6.45) is 3.11. The quantitative estimate of drug-likeness (QED) is 0.422. The molecule has 0 spiro atoms. The van der Waals surface area contributed by atoms with Gasteiger partial charge in [-0.2, -0.15) is 0 Å². The van der Waals surface area contributed by atoms with Gasteiger partial charge in [-0.25, -0.2) is 0 Å². The van der Waals surface area contributed by atoms with E-state index in [1.54, 1.807) is 0 Å². The maximum atomic E-state index is 5.98. The van der Waals surface area contributed by atoms with Crippen molar-refractivity contribution < 1.29 is 0 Å². The molecular weight excluding hydrogens is 234 g/mol. The van der Waals surface area contributed by atoms with Crippen molar-refractivity contribution in [2.75, 3.05) is 5.73 Å². The molecule has 0 aliphatic rings. The average molecular weight is 255 g/mol. The monoisotopic (exact) mass is 255 g/mol. The highest BCUT2D eigenvalue weighted by atomic mass is 15.2. The number of nitrogens with two attached hydrogens (primary N) is 2. The molecule has 19 heavy (non-hydrogen) atoms. The SMILES string of the molecule is NNC(CCCc1ccccc1)c1ccccc1N. The van der Waals surface area contributed by atoms with Gasteiger partial charge in [0.25, 0.3) is 0 Å². The van der Waals surface area contributed by atoms with Crippen LogP contribution in [0.25, 0.3) is 0 Å². The predicted octanol–water partition coefficient (Wildman–Crippen LogP) is 2.80. The smallest absolute Gasteiger partial charge is 0.0480 e. The number of para-hydroxylation sites is 1. The first-order chi connectivity index (χ1) is 9.31. The van der Waals surface area contributed by atoms with Crippen LogP contribution in [0.5, 0.6) is 0 Å². The third-order valence-corrected chi connectivity index (χ3v) is 3.37. The predicted molar refractivity (Wildman–Crippen MR) is 80.3 cm³/mol. The maximum Gasteiger partial charge on any atom is 0.0480 e. The molecule has 2 aromatic rings. The van der Waals surface area contributed by atoms with E-state index in [-0.39, 0.29) is 6.04 Å². The fraction of sp³-hybridized carbons (Fsp3) is 0.250. The van der Waals surface area contributed by atoms with Gasteiger partial charge < -0.3 is 5.73 Å². The minimum absolute atomic E-state index is 0.116. The summed E-state index contributed by atoms with van der Waals surface area (Å²) in [6, 6.07) is 18.5. The molecule has 0 heterocycles. The van der Waals surface area contributed by atoms with Crippen LogP contribution in [0.15, 0.2) is 54.6 Å². The van der Waals surface area contributed by atoms with E-state index in [2.05, 4.69) is 29.7 Å². The molecule has 1 unspecified atom stereocenters. The van der Waals surface area contributed by atoms with Crippen molar-refractivity contribution in [3.05, 3.63) is 65.7 Å². The number of benzene rings is 2. The average Bonchev–Trinajstić information content (AvgIpc) is 2.46. The van der Waals surface area contributed by atoms with Crippen LogP contribution in [-0.4, -0.2) is 0 Å². The van der Waals surface area contributed by atoms with E-state index in [0.29, 0.717) is 0 Å². The Morgan fingerprint density at radius 2 is 1.63 bits per heavy atom. The molecule has 3 nitrogen and oxygen atoms in total. The standard InChI is InChI=1S/C16H21N3/c17-15-11-5-4-10-14(15)16(19-18)12-6-9-13-7-2-1-3-8-13/h1-5,7-8,10-11,16,19H,6,9,12,17-18H2. The van der Waals surface area contributed by atoms with Crippen LogP contribution in [0.2, 0.25) is 0 Å². The molecule has 3 heteroatoms. The first-order valence-corrected chi connectivity index (χ1v) is 6.65. The molecule has 0 saturated heterocycles. The third kappa shape index (κ3) is 3.81. The lowest BCUT2D eigenvalue weighted by Gasteiger charge is -2.18. The first kappa shape index (κ1) is 13.6. The Morgan fingerprint density at radius 3 is 2.32 bits per heavy atom. The van der Waals surface area contributed by atoms with Crippen LogP contribution in [0.4, 0.5) is 5.69 Å². The highest BCUT2D eigenvalue weighted by Gasteiger charge is 2.11. The molecule has 0 amide bonds. The molecule has 0 bridgehead atoms. The zero-order valence-electron chi connectivity index (χ0n) is 11.0. The molecule has 0 saturated carbocycles. The Balaban J connectivity index is 1.92. The summed E-state index contributed by atoms with van der Waals surface area (Å²) in [5.41, 5.74) is 12.1. The normalized spacial score (nSPS) is 12.3. The van der Waals surface area contributed by atoms with Crippen molar-refractivity contribution in [2.24, 2.45) is 5.84 Å². The molecular formula is C16H21N3. The van der Waals surface area contributed by atoms with E-state index in [1.165, 1.54) is 5.56 Å². The number of anilines is 1. The highest BCUT2D eigenvalue weighted by Crippen LogP contribution is 2.23. The van der Waals surface area contributed by atoms with Gasteiger partial charge in [-0.1, -0.05) is 48.5 Å². The second-order valence-corrected chi connectivity index (χ2v) is 4.73. The second-order valence-electron chi connectivity index (χ2n) is 4.73. The lowest BCUT2D eigenvalue weighted by molar-refractivity contribution is 0.500. The van der Waals surface area contributed by atoms with Gasteiger partial charge in [0.15, 0.2) is 0 Å². The third-order valence-electron chi connectivity index (χ3n) is 3.37. The number of nitrogen functional groups attached to an aromatic ring is 1. The molecule has 5 N–H and O–H groups in total. The highest BCUT2D eigenvalue weighted by molar-refractivity contribution is 5.48. The van der Waals surface area contributed by atoms with E-state index in [1.807, 2.05) is 30.3 Å². The Morgan fingerprint density at radius 1 is 0.947 bits per heavy atom. The Kier molecular flexibility index (Phi) is 4.95. The molecule has 1 atom stereocenters. The van der Waals surface area contributed by atoms with E-state index >= 15 is 0 Å². The topological polar surface area (TPSA) is 64.1 Å². The van der Waals surface area contributed by atoms with Gasteiger partial charge in [-0.05, 0) is 36.5 Å². The molecule has 0 fully saturated rings. The van der Waals surface area contributed by atoms with Crippen LogP contribution in [0, 0.1) is 0 Å². The molecule has 0 radical (unpaired) electrons. The number of hydrogen-bond donors (Lipinski definition) is 3. The Hall–Kier alpha value is -1.84. The lowest BCUT2D eigenvalue weighted by Crippen LogP contribution is -2.28. The van der Waals surface area contributed by atoms with E-state index in [0.717, 1.165) is 30.5 Å². The summed E-state index contributed by atoms with van der Waals surface area (Å²) >= 11 is 0. The molecule has 0 aliphatic heterocycles. The summed E-state index contributed by atoms with van der Waals surface area (Å²) < 4.78 is 0. The van der Waals surface area contributed by atoms with Gasteiger partial charge in [0.2, 0.25) is 0 Å². The molecule has 0 aromatic heterocycles. The number of rotatable bonds is 6. The minimum Gasteiger partial charge on any atom is -0.398 e. The lowest BCUT2D eigenvalue weighted by atomic mass is 9.98. The van der Waals surface area contributed by atoms with E-state index < -0.39 is 0 Å². The van der Waals surface area contributed by atoms with Crippen molar-refractivity contribution in [1.29, 1.82) is 0 Å². The fourth-order valence-electron chi connectivity index (χ4n) is 2.31. The summed E-state index contributed by atoms with van der Waals surface area (Å²) in [5.74, 6) is 5.65. The Bertz CT molecular complexity index is 496. The molecule has 2 rings (SSSR count). The number of aryl methyl sites for hydroxylation is 1. The van der Waals surface area contributed by atoms with Crippen molar-refractivity contribution >= 4 is 5.69 Å². The van der Waals surface area contributed by atoms with E-state index in [9.17, 15) is 0 Å². The van der Waals surface area contributed by atoms with Crippen molar-refractivity contribution in [2.45, 2.75) is 25.3 Å². The van der Waals surface area contributed by atoms with E-state index in [4.69, 9.17) is 11.6 Å². The summed E-state index contributed by atoms with van der Waals surface area (Å²) in [5, 5.41) is 0. The molecule has 2 aromatic carbocycles. The van der Waals surface area contributed by atoms with Gasteiger partial charge in [0, 0.05) is 11.7 Å². The largest absolute Gasteiger partial charge is 0.398 e. The van der Waals surface area contributed by atoms with Gasteiger partial charge in [0.05, 0.1) is 0 Å². The van der Waals surface area contributed by atoms with Crippen molar-refractivity contribution in [3.63, 3.8) is 0 Å². The van der Waals surface area contributed by atoms with Crippen molar-refractivity contribution in [1.82, 2.24) is 5.43 Å². The second kappa shape index (κ2) is 6.92. The summed E-state index contributed by atoms with van der Waals surface area (Å²) in [7, 11) is 0. The first-order valence-electron chi connectivity index (χ1n) is 6.65. The molecule has 100 valence electrons. The van der Waals surface area contributed by atoms with Gasteiger partial charge in [0.1, 0.15) is 0 Å². The molecule has 0 aliphatic carbocycles. The van der Waals surface area contributed by atoms with Gasteiger partial charge in [-0.15, -0.1) is 0 Å². The number of hydrazine groups is 1. The fourth-order valence-corrected chi connectivity index (χ4v) is 2.31. The number of nitrogens with one attached hydrogen (secondary N) is 1. The van der Waals surface area contributed by atoms with Gasteiger partial charge >= 0.3 is 0 Å². The summed E-state index contributed by atoms with van der Waals surface area (Å²) in [6.45, 7) is 0. The van der Waals surface area contributed by atoms with Crippen molar-refractivity contribution in [3.8, 4) is 0 Å².